The van der Waals surface area contributed by atoms with Gasteiger partial charge in [0.05, 0.1) is 18.6 Å². The van der Waals surface area contributed by atoms with Crippen LogP contribution >= 0.6 is 11.6 Å². The van der Waals surface area contributed by atoms with Crippen molar-refractivity contribution in [3.05, 3.63) is 0 Å². The van der Waals surface area contributed by atoms with Crippen molar-refractivity contribution >= 4 is 17.9 Å². The van der Waals surface area contributed by atoms with Crippen LogP contribution in [-0.4, -0.2) is 31.2 Å². The van der Waals surface area contributed by atoms with Crippen LogP contribution in [0.3, 0.4) is 0 Å². The molecule has 0 bridgehead atoms. The third-order valence-electron chi connectivity index (χ3n) is 1.78. The van der Waals surface area contributed by atoms with E-state index in [0.29, 0.717) is 18.9 Å². The van der Waals surface area contributed by atoms with E-state index < -0.39 is 0 Å². The van der Waals surface area contributed by atoms with Crippen LogP contribution < -0.4 is 0 Å². The number of hydrogen-bond donors (Lipinski definition) is 0. The predicted octanol–water partition coefficient (Wildman–Crippen LogP) is 1.19. The topological polar surface area (TPSA) is 35.5 Å². The summed E-state index contributed by atoms with van der Waals surface area (Å²) in [6.07, 6.45) is 1.28. The van der Waals surface area contributed by atoms with Crippen LogP contribution in [0.5, 0.6) is 0 Å². The largest absolute Gasteiger partial charge is 0.350 e. The summed E-state index contributed by atoms with van der Waals surface area (Å²) in [6, 6.07) is 0. The lowest BCUT2D eigenvalue weighted by Gasteiger charge is -2.11. The Morgan fingerprint density at radius 2 is 2.50 bits per heavy atom. The van der Waals surface area contributed by atoms with E-state index in [1.807, 2.05) is 6.92 Å². The van der Waals surface area contributed by atoms with Crippen molar-refractivity contribution in [2.75, 3.05) is 12.5 Å². The maximum atomic E-state index is 10.3. The first kappa shape index (κ1) is 9.96. The summed E-state index contributed by atoms with van der Waals surface area (Å²) in [6.45, 7) is 2.38. The van der Waals surface area contributed by atoms with E-state index in [0.717, 1.165) is 6.29 Å². The summed E-state index contributed by atoms with van der Waals surface area (Å²) >= 11 is 5.57. The Bertz CT molecular complexity index is 151. The van der Waals surface area contributed by atoms with Crippen molar-refractivity contribution in [3.8, 4) is 0 Å². The first-order valence-corrected chi connectivity index (χ1v) is 4.58. The summed E-state index contributed by atoms with van der Waals surface area (Å²) in [5.74, 6) is 0.440. The molecule has 12 heavy (non-hydrogen) atoms. The Morgan fingerprint density at radius 3 is 3.00 bits per heavy atom. The average molecular weight is 193 g/mol. The molecule has 3 unspecified atom stereocenters. The van der Waals surface area contributed by atoms with Gasteiger partial charge < -0.3 is 14.3 Å². The number of hydrogen-bond acceptors (Lipinski definition) is 3. The highest BCUT2D eigenvalue weighted by Gasteiger charge is 2.26. The highest BCUT2D eigenvalue weighted by atomic mass is 35.5. The number of rotatable bonds is 4. The van der Waals surface area contributed by atoms with Gasteiger partial charge in [0.1, 0.15) is 6.29 Å². The molecule has 3 nitrogen and oxygen atoms in total. The van der Waals surface area contributed by atoms with E-state index in [1.54, 1.807) is 0 Å². The van der Waals surface area contributed by atoms with Gasteiger partial charge in [-0.3, -0.25) is 0 Å². The van der Waals surface area contributed by atoms with E-state index in [1.165, 1.54) is 0 Å². The maximum Gasteiger partial charge on any atom is 0.158 e. The highest BCUT2D eigenvalue weighted by Crippen LogP contribution is 2.18. The van der Waals surface area contributed by atoms with Crippen LogP contribution in [0.4, 0.5) is 0 Å². The van der Waals surface area contributed by atoms with Crippen molar-refractivity contribution in [1.29, 1.82) is 0 Å². The Hall–Kier alpha value is -0.120. The van der Waals surface area contributed by atoms with E-state index in [-0.39, 0.29) is 18.3 Å². The summed E-state index contributed by atoms with van der Waals surface area (Å²) < 4.78 is 10.6. The fourth-order valence-electron chi connectivity index (χ4n) is 1.07. The second kappa shape index (κ2) is 4.80. The molecular weight excluding hydrogens is 180 g/mol. The summed E-state index contributed by atoms with van der Waals surface area (Å²) in [5, 5.41) is 0. The van der Waals surface area contributed by atoms with Gasteiger partial charge in [-0.15, -0.1) is 11.6 Å². The molecule has 0 aliphatic carbocycles. The standard InChI is InChI=1S/C8H13ClO3/c1-6(4-10)2-8-11-5-7(3-9)12-8/h4,6-8H,2-3,5H2,1H3. The molecule has 0 radical (unpaired) electrons. The lowest BCUT2D eigenvalue weighted by molar-refractivity contribution is -0.115. The normalized spacial score (nSPS) is 31.8. The van der Waals surface area contributed by atoms with Gasteiger partial charge >= 0.3 is 0 Å². The molecular formula is C8H13ClO3. The Kier molecular flexibility index (Phi) is 3.98. The second-order valence-corrected chi connectivity index (χ2v) is 3.33. The first-order valence-electron chi connectivity index (χ1n) is 4.04. The lowest BCUT2D eigenvalue weighted by atomic mass is 10.1. The Balaban J connectivity index is 2.23. The molecule has 4 heteroatoms. The van der Waals surface area contributed by atoms with Crippen LogP contribution in [0.15, 0.2) is 0 Å². The smallest absolute Gasteiger partial charge is 0.158 e. The molecule has 0 aromatic rings. The molecule has 1 fully saturated rings. The summed E-state index contributed by atoms with van der Waals surface area (Å²) in [4.78, 5) is 10.3. The molecule has 1 aliphatic rings. The van der Waals surface area contributed by atoms with Crippen molar-refractivity contribution in [2.45, 2.75) is 25.7 Å². The molecule has 0 N–H and O–H groups in total. The van der Waals surface area contributed by atoms with E-state index in [2.05, 4.69) is 0 Å². The van der Waals surface area contributed by atoms with Gasteiger partial charge in [0.15, 0.2) is 6.29 Å². The molecule has 1 rings (SSSR count). The van der Waals surface area contributed by atoms with Crippen LogP contribution in [0, 0.1) is 5.92 Å². The van der Waals surface area contributed by atoms with Crippen LogP contribution in [0.2, 0.25) is 0 Å². The molecule has 0 saturated carbocycles. The van der Waals surface area contributed by atoms with Gasteiger partial charge in [-0.05, 0) is 0 Å². The molecule has 1 heterocycles. The van der Waals surface area contributed by atoms with Crippen molar-refractivity contribution < 1.29 is 14.3 Å². The number of carbonyl (C=O) groups excluding carboxylic acids is 1. The van der Waals surface area contributed by atoms with Gasteiger partial charge in [0.25, 0.3) is 0 Å². The minimum atomic E-state index is -0.242. The molecule has 3 atom stereocenters. The number of alkyl halides is 1. The zero-order valence-corrected chi connectivity index (χ0v) is 7.79. The van der Waals surface area contributed by atoms with Crippen molar-refractivity contribution in [2.24, 2.45) is 5.92 Å². The summed E-state index contributed by atoms with van der Waals surface area (Å²) in [7, 11) is 0. The second-order valence-electron chi connectivity index (χ2n) is 3.02. The number of aldehydes is 1. The SMILES string of the molecule is CC(C=O)CC1OCC(CCl)O1. The molecule has 70 valence electrons. The first-order chi connectivity index (χ1) is 5.76. The van der Waals surface area contributed by atoms with E-state index in [4.69, 9.17) is 21.1 Å². The number of halogens is 1. The highest BCUT2D eigenvalue weighted by molar-refractivity contribution is 6.18. The number of ether oxygens (including phenoxy) is 2. The third kappa shape index (κ3) is 2.73. The summed E-state index contributed by atoms with van der Waals surface area (Å²) in [5.41, 5.74) is 0. The molecule has 0 spiro atoms. The molecule has 0 amide bonds. The van der Waals surface area contributed by atoms with Gasteiger partial charge in [0, 0.05) is 12.3 Å². The quantitative estimate of drug-likeness (QED) is 0.496. The van der Waals surface area contributed by atoms with Gasteiger partial charge in [-0.1, -0.05) is 6.92 Å². The Morgan fingerprint density at radius 1 is 1.75 bits per heavy atom. The zero-order valence-electron chi connectivity index (χ0n) is 7.03. The third-order valence-corrected chi connectivity index (χ3v) is 2.13. The average Bonchev–Trinajstić information content (AvgIpc) is 2.52. The minimum Gasteiger partial charge on any atom is -0.350 e. The van der Waals surface area contributed by atoms with E-state index >= 15 is 0 Å². The van der Waals surface area contributed by atoms with Crippen molar-refractivity contribution in [3.63, 3.8) is 0 Å². The van der Waals surface area contributed by atoms with Crippen LogP contribution in [-0.2, 0) is 14.3 Å². The molecule has 0 aromatic carbocycles. The zero-order chi connectivity index (χ0) is 8.97. The monoisotopic (exact) mass is 192 g/mol. The lowest BCUT2D eigenvalue weighted by Crippen LogP contribution is -2.16. The van der Waals surface area contributed by atoms with E-state index in [9.17, 15) is 4.79 Å². The minimum absolute atomic E-state index is 0.00415. The van der Waals surface area contributed by atoms with Crippen molar-refractivity contribution in [1.82, 2.24) is 0 Å². The Labute approximate surface area is 77.0 Å². The van der Waals surface area contributed by atoms with Crippen LogP contribution in [0.1, 0.15) is 13.3 Å². The fourth-order valence-corrected chi connectivity index (χ4v) is 1.23. The fraction of sp³-hybridized carbons (Fsp3) is 0.875. The molecule has 1 aliphatic heterocycles. The number of carbonyl (C=O) groups is 1. The van der Waals surface area contributed by atoms with Gasteiger partial charge in [-0.25, -0.2) is 0 Å². The molecule has 0 aromatic heterocycles. The molecule has 1 saturated heterocycles. The van der Waals surface area contributed by atoms with Crippen LogP contribution in [0.25, 0.3) is 0 Å². The van der Waals surface area contributed by atoms with Gasteiger partial charge in [0.2, 0.25) is 0 Å². The van der Waals surface area contributed by atoms with Gasteiger partial charge in [-0.2, -0.15) is 0 Å². The maximum absolute atomic E-state index is 10.3. The predicted molar refractivity (Wildman–Crippen MR) is 45.2 cm³/mol.